The number of carbonyl (C=O) groups is 3. The number of aliphatic hydroxyl groups is 1. The van der Waals surface area contributed by atoms with Crippen molar-refractivity contribution in [3.63, 3.8) is 0 Å². The number of amides is 3. The average molecular weight is 550 g/mol. The lowest BCUT2D eigenvalue weighted by Gasteiger charge is -2.41. The van der Waals surface area contributed by atoms with E-state index in [0.29, 0.717) is 19.5 Å². The molecule has 4 aliphatic heterocycles. The van der Waals surface area contributed by atoms with E-state index in [0.717, 1.165) is 18.5 Å². The first-order valence-electron chi connectivity index (χ1n) is 14.7. The van der Waals surface area contributed by atoms with Crippen molar-refractivity contribution in [3.05, 3.63) is 54.6 Å². The number of benzene rings is 1. The van der Waals surface area contributed by atoms with Crippen LogP contribution in [-0.2, 0) is 19.1 Å². The zero-order chi connectivity index (χ0) is 28.8. The standard InChI is InChI=1S/C32H43N3O5/c1-6-12-22(4)33-17-11-16-32-26(29(38)35(27(32)30(33)39)24(20-36)19-21(2)3)25-28(37)34(23-13-8-7-9-14-23)18-10-15-31(25,5)40-32/h7-11,13-16,21-22,24-27,36H,6,12,17-20H2,1-5H3/t22?,24-,25-,26+,27?,31+,32+/m1/s1. The summed E-state index contributed by atoms with van der Waals surface area (Å²) in [4.78, 5) is 48.7. The molecule has 0 aromatic heterocycles. The van der Waals surface area contributed by atoms with Crippen LogP contribution in [0, 0.1) is 17.8 Å². The van der Waals surface area contributed by atoms with Crippen LogP contribution in [0.5, 0.6) is 0 Å². The van der Waals surface area contributed by atoms with Gasteiger partial charge in [-0.1, -0.05) is 69.7 Å². The number of anilines is 1. The summed E-state index contributed by atoms with van der Waals surface area (Å²) in [5.74, 6) is -2.21. The van der Waals surface area contributed by atoms with Crippen molar-refractivity contribution in [1.82, 2.24) is 9.80 Å². The van der Waals surface area contributed by atoms with Crippen molar-refractivity contribution in [2.24, 2.45) is 17.8 Å². The average Bonchev–Trinajstić information content (AvgIpc) is 3.19. The molecule has 0 radical (unpaired) electrons. The highest BCUT2D eigenvalue weighted by molar-refractivity contribution is 6.04. The number of carbonyl (C=O) groups excluding carboxylic acids is 3. The molecule has 2 saturated heterocycles. The van der Waals surface area contributed by atoms with Gasteiger partial charge in [0.05, 0.1) is 30.1 Å². The molecular formula is C32H43N3O5. The second-order valence-corrected chi connectivity index (χ2v) is 12.4. The number of rotatable bonds is 8. The first kappa shape index (κ1) is 28.6. The third-order valence-corrected chi connectivity index (χ3v) is 9.18. The number of likely N-dealkylation sites (tertiary alicyclic amines) is 1. The zero-order valence-electron chi connectivity index (χ0n) is 24.3. The molecule has 8 nitrogen and oxygen atoms in total. The smallest absolute Gasteiger partial charge is 0.249 e. The summed E-state index contributed by atoms with van der Waals surface area (Å²) in [6.07, 6.45) is 9.94. The quantitative estimate of drug-likeness (QED) is 0.501. The maximum atomic E-state index is 14.6. The minimum atomic E-state index is -1.32. The second-order valence-electron chi connectivity index (χ2n) is 12.4. The van der Waals surface area contributed by atoms with E-state index in [1.54, 1.807) is 9.80 Å². The Hall–Kier alpha value is -2.97. The Balaban J connectivity index is 1.65. The van der Waals surface area contributed by atoms with Crippen LogP contribution in [-0.4, -0.2) is 81.7 Å². The molecule has 5 rings (SSSR count). The van der Waals surface area contributed by atoms with Crippen molar-refractivity contribution in [1.29, 1.82) is 0 Å². The molecule has 216 valence electrons. The van der Waals surface area contributed by atoms with E-state index >= 15 is 0 Å². The molecular weight excluding hydrogens is 506 g/mol. The molecule has 0 saturated carbocycles. The van der Waals surface area contributed by atoms with Gasteiger partial charge in [-0.15, -0.1) is 0 Å². The highest BCUT2D eigenvalue weighted by atomic mass is 16.5. The van der Waals surface area contributed by atoms with Gasteiger partial charge in [0.15, 0.2) is 0 Å². The van der Waals surface area contributed by atoms with Crippen LogP contribution in [0.3, 0.4) is 0 Å². The summed E-state index contributed by atoms with van der Waals surface area (Å²) < 4.78 is 6.93. The molecule has 4 aliphatic rings. The Labute approximate surface area is 237 Å². The third-order valence-electron chi connectivity index (χ3n) is 9.18. The highest BCUT2D eigenvalue weighted by Crippen LogP contribution is 2.58. The lowest BCUT2D eigenvalue weighted by Crippen LogP contribution is -2.59. The molecule has 4 heterocycles. The number of para-hydroxylation sites is 1. The minimum absolute atomic E-state index is 0.0245. The maximum absolute atomic E-state index is 14.6. The van der Waals surface area contributed by atoms with Crippen LogP contribution >= 0.6 is 0 Å². The molecule has 0 bridgehead atoms. The number of ether oxygens (including phenoxy) is 1. The van der Waals surface area contributed by atoms with Gasteiger partial charge in [0.1, 0.15) is 11.6 Å². The van der Waals surface area contributed by atoms with Crippen LogP contribution in [0.4, 0.5) is 5.69 Å². The number of hydrogen-bond acceptors (Lipinski definition) is 5. The van der Waals surface area contributed by atoms with Crippen molar-refractivity contribution in [3.8, 4) is 0 Å². The summed E-state index contributed by atoms with van der Waals surface area (Å²) in [6, 6.07) is 7.90. The van der Waals surface area contributed by atoms with E-state index in [2.05, 4.69) is 6.92 Å². The normalized spacial score (nSPS) is 33.1. The van der Waals surface area contributed by atoms with Gasteiger partial charge in [0.25, 0.3) is 0 Å². The second kappa shape index (κ2) is 10.8. The Morgan fingerprint density at radius 1 is 0.975 bits per heavy atom. The zero-order valence-corrected chi connectivity index (χ0v) is 24.3. The third kappa shape index (κ3) is 4.40. The van der Waals surface area contributed by atoms with Crippen molar-refractivity contribution >= 4 is 23.4 Å². The Morgan fingerprint density at radius 3 is 2.33 bits per heavy atom. The van der Waals surface area contributed by atoms with Gasteiger partial charge in [-0.25, -0.2) is 0 Å². The molecule has 8 heteroatoms. The van der Waals surface area contributed by atoms with Gasteiger partial charge in [0.2, 0.25) is 17.7 Å². The summed E-state index contributed by atoms with van der Waals surface area (Å²) in [6.45, 7) is 10.6. The fourth-order valence-electron chi connectivity index (χ4n) is 7.50. The topological polar surface area (TPSA) is 90.4 Å². The molecule has 1 aromatic carbocycles. The van der Waals surface area contributed by atoms with Gasteiger partial charge >= 0.3 is 0 Å². The number of fused-ring (bicyclic) bond motifs is 2. The lowest BCUT2D eigenvalue weighted by atomic mass is 9.74. The van der Waals surface area contributed by atoms with E-state index in [4.69, 9.17) is 4.74 Å². The van der Waals surface area contributed by atoms with Crippen LogP contribution in [0.1, 0.15) is 53.9 Å². The van der Waals surface area contributed by atoms with E-state index in [9.17, 15) is 19.5 Å². The molecule has 0 aliphatic carbocycles. The lowest BCUT2D eigenvalue weighted by molar-refractivity contribution is -0.155. The summed E-state index contributed by atoms with van der Waals surface area (Å²) in [5, 5.41) is 10.5. The number of hydrogen-bond donors (Lipinski definition) is 1. The first-order valence-corrected chi connectivity index (χ1v) is 14.7. The van der Waals surface area contributed by atoms with Gasteiger partial charge in [-0.3, -0.25) is 14.4 Å². The largest absolute Gasteiger partial charge is 0.394 e. The molecule has 1 aromatic rings. The van der Waals surface area contributed by atoms with Crippen LogP contribution in [0.25, 0.3) is 0 Å². The maximum Gasteiger partial charge on any atom is 0.249 e. The molecule has 1 N–H and O–H groups in total. The summed E-state index contributed by atoms with van der Waals surface area (Å²) in [7, 11) is 0. The molecule has 2 unspecified atom stereocenters. The van der Waals surface area contributed by atoms with Crippen molar-refractivity contribution < 1.29 is 24.2 Å². The van der Waals surface area contributed by atoms with Crippen LogP contribution < -0.4 is 4.90 Å². The molecule has 7 atom stereocenters. The summed E-state index contributed by atoms with van der Waals surface area (Å²) in [5.41, 5.74) is -1.65. The Bertz CT molecular complexity index is 1200. The molecule has 40 heavy (non-hydrogen) atoms. The van der Waals surface area contributed by atoms with Crippen molar-refractivity contribution in [2.75, 3.05) is 24.6 Å². The monoisotopic (exact) mass is 549 g/mol. The number of nitrogens with zero attached hydrogens (tertiary/aromatic N) is 3. The predicted octanol–water partition coefficient (Wildman–Crippen LogP) is 3.55. The Morgan fingerprint density at radius 2 is 1.68 bits per heavy atom. The molecule has 1 spiro atoms. The SMILES string of the molecule is CCCC(C)N1CC=C[C@]23O[C@@]4(C)C=CCN(c5ccccc5)C(=O)[C@H]4[C@H]2C(=O)N([C@@H](CO)CC(C)C)C3C1=O. The molecule has 2 fully saturated rings. The van der Waals surface area contributed by atoms with E-state index in [-0.39, 0.29) is 36.3 Å². The molecule has 3 amide bonds. The van der Waals surface area contributed by atoms with Gasteiger partial charge < -0.3 is 24.5 Å². The Kier molecular flexibility index (Phi) is 7.70. The fourth-order valence-corrected chi connectivity index (χ4v) is 7.50. The van der Waals surface area contributed by atoms with E-state index in [1.165, 1.54) is 0 Å². The van der Waals surface area contributed by atoms with Crippen LogP contribution in [0.2, 0.25) is 0 Å². The number of aliphatic hydroxyl groups excluding tert-OH is 1. The first-order chi connectivity index (χ1) is 19.1. The predicted molar refractivity (Wildman–Crippen MR) is 153 cm³/mol. The minimum Gasteiger partial charge on any atom is -0.394 e. The van der Waals surface area contributed by atoms with Gasteiger partial charge in [-0.05, 0) is 44.7 Å². The van der Waals surface area contributed by atoms with Crippen LogP contribution in [0.15, 0.2) is 54.6 Å². The summed E-state index contributed by atoms with van der Waals surface area (Å²) >= 11 is 0. The van der Waals surface area contributed by atoms with E-state index in [1.807, 2.05) is 87.2 Å². The van der Waals surface area contributed by atoms with E-state index < -0.39 is 35.1 Å². The van der Waals surface area contributed by atoms with Gasteiger partial charge in [0, 0.05) is 24.8 Å². The highest BCUT2D eigenvalue weighted by Gasteiger charge is 2.75. The fraction of sp³-hybridized carbons (Fsp3) is 0.594. The van der Waals surface area contributed by atoms with Gasteiger partial charge in [-0.2, -0.15) is 0 Å². The van der Waals surface area contributed by atoms with Crippen molar-refractivity contribution in [2.45, 2.75) is 83.2 Å².